The predicted molar refractivity (Wildman–Crippen MR) is 61.2 cm³/mol. The van der Waals surface area contributed by atoms with Gasteiger partial charge in [-0.3, -0.25) is 0 Å². The molecule has 2 N–H and O–H groups in total. The van der Waals surface area contributed by atoms with Crippen LogP contribution < -0.4 is 7.22 Å². The molecule has 15 heavy (non-hydrogen) atoms. The average molecular weight is 314 g/mol. The van der Waals surface area contributed by atoms with E-state index in [0.717, 1.165) is 0 Å². The first-order valence-electron chi connectivity index (χ1n) is 4.50. The number of hydrogen-bond donors (Lipinski definition) is 2. The maximum absolute atomic E-state index is 9.14. The summed E-state index contributed by atoms with van der Waals surface area (Å²) in [5.41, 5.74) is 0. The number of aromatic hydroxyl groups is 2. The van der Waals surface area contributed by atoms with Crippen LogP contribution in [0.1, 0.15) is 0 Å². The molecule has 2 nitrogen and oxygen atoms in total. The van der Waals surface area contributed by atoms with Crippen LogP contribution in [-0.2, 0) is 0 Å². The van der Waals surface area contributed by atoms with E-state index < -0.39 is 20.9 Å². The molecule has 76 valence electrons. The van der Waals surface area contributed by atoms with Crippen LogP contribution in [0.4, 0.5) is 0 Å². The normalized spacial score (nSPS) is 10.1. The summed E-state index contributed by atoms with van der Waals surface area (Å²) in [7, 11) is 0. The van der Waals surface area contributed by atoms with Gasteiger partial charge in [0, 0.05) is 0 Å². The van der Waals surface area contributed by atoms with Crippen LogP contribution in [0.2, 0.25) is 0 Å². The fourth-order valence-electron chi connectivity index (χ4n) is 1.16. The summed E-state index contributed by atoms with van der Waals surface area (Å²) in [6.45, 7) is 0. The van der Waals surface area contributed by atoms with Crippen molar-refractivity contribution >= 4 is 28.1 Å². The summed E-state index contributed by atoms with van der Waals surface area (Å²) >= 11 is -0.405. The number of phenols is 2. The number of hydrogen-bond acceptors (Lipinski definition) is 2. The van der Waals surface area contributed by atoms with Gasteiger partial charge in [0.05, 0.1) is 0 Å². The van der Waals surface area contributed by atoms with Gasteiger partial charge in [0.15, 0.2) is 0 Å². The molecule has 3 heteroatoms. The summed E-state index contributed by atoms with van der Waals surface area (Å²) in [6, 6.07) is 14.6. The molecule has 0 atom stereocenters. The summed E-state index contributed by atoms with van der Waals surface area (Å²) < 4.78 is 2.53. The Bertz CT molecular complexity index is 391. The summed E-state index contributed by atoms with van der Waals surface area (Å²) in [5.74, 6) is 0.605. The van der Waals surface area contributed by atoms with Crippen molar-refractivity contribution in [1.82, 2.24) is 0 Å². The molecular formula is C12H10O2Te. The predicted octanol–water partition coefficient (Wildman–Crippen LogP) is 0.753. The van der Waals surface area contributed by atoms with E-state index >= 15 is 0 Å². The Morgan fingerprint density at radius 2 is 0.933 bits per heavy atom. The van der Waals surface area contributed by atoms with Crippen molar-refractivity contribution in [2.75, 3.05) is 0 Å². The maximum atomic E-state index is 9.14. The zero-order valence-electron chi connectivity index (χ0n) is 7.92. The molecule has 2 aromatic rings. The van der Waals surface area contributed by atoms with E-state index in [1.54, 1.807) is 24.3 Å². The molecule has 2 aromatic carbocycles. The van der Waals surface area contributed by atoms with E-state index in [0.29, 0.717) is 11.5 Å². The molecule has 0 unspecified atom stereocenters. The van der Waals surface area contributed by atoms with Crippen LogP contribution in [0, 0.1) is 0 Å². The zero-order valence-corrected chi connectivity index (χ0v) is 10.3. The second-order valence-corrected chi connectivity index (χ2v) is 6.36. The summed E-state index contributed by atoms with van der Waals surface area (Å²) in [5, 5.41) is 18.3. The summed E-state index contributed by atoms with van der Waals surface area (Å²) in [4.78, 5) is 0. The van der Waals surface area contributed by atoms with Crippen molar-refractivity contribution in [3.8, 4) is 11.5 Å². The minimum absolute atomic E-state index is 0.303. The third-order valence-electron chi connectivity index (χ3n) is 1.91. The van der Waals surface area contributed by atoms with Gasteiger partial charge < -0.3 is 0 Å². The van der Waals surface area contributed by atoms with Crippen LogP contribution >= 0.6 is 0 Å². The molecule has 0 aliphatic heterocycles. The Labute approximate surface area is 98.3 Å². The van der Waals surface area contributed by atoms with Crippen LogP contribution in [0.3, 0.4) is 0 Å². The second-order valence-electron chi connectivity index (χ2n) is 3.09. The Hall–Kier alpha value is -1.17. The van der Waals surface area contributed by atoms with Crippen LogP contribution in [0.25, 0.3) is 0 Å². The third kappa shape index (κ3) is 2.89. The monoisotopic (exact) mass is 316 g/mol. The van der Waals surface area contributed by atoms with Gasteiger partial charge in [0.25, 0.3) is 0 Å². The van der Waals surface area contributed by atoms with Gasteiger partial charge in [-0.05, 0) is 0 Å². The van der Waals surface area contributed by atoms with Gasteiger partial charge in [-0.2, -0.15) is 0 Å². The van der Waals surface area contributed by atoms with Crippen molar-refractivity contribution in [3.63, 3.8) is 0 Å². The molecule has 2 rings (SSSR count). The van der Waals surface area contributed by atoms with Gasteiger partial charge in [0.2, 0.25) is 0 Å². The van der Waals surface area contributed by atoms with Gasteiger partial charge in [0.1, 0.15) is 0 Å². The molecule has 0 saturated carbocycles. The molecule has 0 radical (unpaired) electrons. The fraction of sp³-hybridized carbons (Fsp3) is 0. The Kier molecular flexibility index (Phi) is 3.15. The zero-order chi connectivity index (χ0) is 10.7. The van der Waals surface area contributed by atoms with Crippen molar-refractivity contribution in [2.24, 2.45) is 0 Å². The van der Waals surface area contributed by atoms with E-state index in [2.05, 4.69) is 0 Å². The molecule has 0 aromatic heterocycles. The van der Waals surface area contributed by atoms with Gasteiger partial charge >= 0.3 is 98.4 Å². The minimum atomic E-state index is -0.405. The Balaban J connectivity index is 2.15. The van der Waals surface area contributed by atoms with Crippen LogP contribution in [0.5, 0.6) is 11.5 Å². The molecule has 0 spiro atoms. The Morgan fingerprint density at radius 1 is 0.600 bits per heavy atom. The van der Waals surface area contributed by atoms with Crippen LogP contribution in [0.15, 0.2) is 48.5 Å². The number of rotatable bonds is 2. The van der Waals surface area contributed by atoms with Crippen LogP contribution in [-0.4, -0.2) is 31.1 Å². The first kappa shape index (κ1) is 10.4. The molecule has 0 fully saturated rings. The summed E-state index contributed by atoms with van der Waals surface area (Å²) in [6.07, 6.45) is 0. The van der Waals surface area contributed by atoms with Crippen molar-refractivity contribution in [3.05, 3.63) is 48.5 Å². The standard InChI is InChI=1S/C12H10O2Te/c13-9-1-5-11(6-2-9)15-12-7-3-10(14)4-8-12/h1-8,13-14H. The van der Waals surface area contributed by atoms with Gasteiger partial charge in [-0.1, -0.05) is 0 Å². The third-order valence-corrected chi connectivity index (χ3v) is 4.81. The van der Waals surface area contributed by atoms with E-state index in [1.807, 2.05) is 24.3 Å². The fourth-order valence-corrected chi connectivity index (χ4v) is 3.49. The van der Waals surface area contributed by atoms with E-state index in [-0.39, 0.29) is 0 Å². The number of benzene rings is 2. The average Bonchev–Trinajstić information content (AvgIpc) is 2.25. The molecule has 0 amide bonds. The quantitative estimate of drug-likeness (QED) is 0.804. The Morgan fingerprint density at radius 3 is 1.27 bits per heavy atom. The molecule has 0 heterocycles. The van der Waals surface area contributed by atoms with Crippen molar-refractivity contribution in [1.29, 1.82) is 0 Å². The van der Waals surface area contributed by atoms with Crippen molar-refractivity contribution in [2.45, 2.75) is 0 Å². The number of phenolic OH excluding ortho intramolecular Hbond substituents is 2. The first-order chi connectivity index (χ1) is 7.24. The first-order valence-corrected chi connectivity index (χ1v) is 6.83. The second kappa shape index (κ2) is 4.57. The van der Waals surface area contributed by atoms with E-state index in [9.17, 15) is 0 Å². The molecule has 0 aliphatic rings. The topological polar surface area (TPSA) is 40.5 Å². The molecule has 0 aliphatic carbocycles. The SMILES string of the molecule is Oc1ccc([Te]c2ccc(O)cc2)cc1. The van der Waals surface area contributed by atoms with E-state index in [1.165, 1.54) is 7.22 Å². The van der Waals surface area contributed by atoms with Crippen molar-refractivity contribution < 1.29 is 10.2 Å². The van der Waals surface area contributed by atoms with Gasteiger partial charge in [-0.25, -0.2) is 0 Å². The molecular weight excluding hydrogens is 304 g/mol. The molecule has 0 bridgehead atoms. The van der Waals surface area contributed by atoms with E-state index in [4.69, 9.17) is 10.2 Å². The molecule has 0 saturated heterocycles. The van der Waals surface area contributed by atoms with Gasteiger partial charge in [-0.15, -0.1) is 0 Å².